The molecule has 0 atom stereocenters. The van der Waals surface area contributed by atoms with Gasteiger partial charge in [-0.3, -0.25) is 0 Å². The van der Waals surface area contributed by atoms with Crippen LogP contribution in [0.5, 0.6) is 0 Å². The summed E-state index contributed by atoms with van der Waals surface area (Å²) in [6.07, 6.45) is 8.96. The van der Waals surface area contributed by atoms with Gasteiger partial charge >= 0.3 is 0 Å². The summed E-state index contributed by atoms with van der Waals surface area (Å²) in [6.45, 7) is 0. The fourth-order valence-corrected chi connectivity index (χ4v) is 0.934. The first-order chi connectivity index (χ1) is 5.97. The summed E-state index contributed by atoms with van der Waals surface area (Å²) in [7, 11) is 0. The van der Waals surface area contributed by atoms with E-state index in [1.54, 1.807) is 24.7 Å². The van der Waals surface area contributed by atoms with Crippen molar-refractivity contribution >= 4 is 5.57 Å². The molecule has 0 saturated heterocycles. The van der Waals surface area contributed by atoms with Gasteiger partial charge in [-0.15, -0.1) is 0 Å². The number of hydrogen-bond donors (Lipinski definition) is 2. The van der Waals surface area contributed by atoms with Crippen LogP contribution in [0.1, 0.15) is 5.82 Å². The molecule has 0 amide bonds. The highest BCUT2D eigenvalue weighted by Gasteiger charge is 2.01. The van der Waals surface area contributed by atoms with E-state index in [2.05, 4.69) is 20.8 Å². The van der Waals surface area contributed by atoms with E-state index >= 15 is 0 Å². The maximum Gasteiger partial charge on any atom is 0.160 e. The molecular weight excluding hydrogens is 152 g/mol. The van der Waals surface area contributed by atoms with Crippen LogP contribution < -0.4 is 10.9 Å². The Labute approximate surface area is 70.0 Å². The van der Waals surface area contributed by atoms with Gasteiger partial charge < -0.3 is 10.9 Å². The second-order valence-electron chi connectivity index (χ2n) is 2.29. The lowest BCUT2D eigenvalue weighted by Gasteiger charge is -2.07. The molecular formula is C8H8N4. The minimum atomic E-state index is 0.725. The summed E-state index contributed by atoms with van der Waals surface area (Å²) in [5.41, 5.74) is 6.64. The molecule has 1 aromatic rings. The highest BCUT2D eigenvalue weighted by atomic mass is 15.3. The zero-order chi connectivity index (χ0) is 8.23. The zero-order valence-electron chi connectivity index (χ0n) is 6.36. The fraction of sp³-hybridized carbons (Fsp3) is 0. The van der Waals surface area contributed by atoms with Crippen LogP contribution in [0.3, 0.4) is 0 Å². The molecule has 60 valence electrons. The smallest absolute Gasteiger partial charge is 0.160 e. The minimum Gasteiger partial charge on any atom is -0.309 e. The van der Waals surface area contributed by atoms with Crippen LogP contribution >= 0.6 is 0 Å². The molecule has 0 unspecified atom stereocenters. The van der Waals surface area contributed by atoms with E-state index < -0.39 is 0 Å². The summed E-state index contributed by atoms with van der Waals surface area (Å²) in [6, 6.07) is 1.79. The van der Waals surface area contributed by atoms with Crippen LogP contribution in [-0.2, 0) is 0 Å². The molecule has 2 rings (SSSR count). The second-order valence-corrected chi connectivity index (χ2v) is 2.29. The SMILES string of the molecule is C1=CC(c2ncccn2)=CNN1. The quantitative estimate of drug-likeness (QED) is 0.625. The molecule has 0 spiro atoms. The average Bonchev–Trinajstić information content (AvgIpc) is 2.21. The van der Waals surface area contributed by atoms with E-state index in [0.29, 0.717) is 0 Å². The number of hydrogen-bond acceptors (Lipinski definition) is 4. The van der Waals surface area contributed by atoms with Crippen molar-refractivity contribution in [2.75, 3.05) is 0 Å². The first-order valence-electron chi connectivity index (χ1n) is 3.62. The molecule has 2 N–H and O–H groups in total. The first kappa shape index (κ1) is 6.84. The molecule has 1 aromatic heterocycles. The van der Waals surface area contributed by atoms with Crippen molar-refractivity contribution in [1.82, 2.24) is 20.8 Å². The molecule has 4 nitrogen and oxygen atoms in total. The Morgan fingerprint density at radius 2 is 1.92 bits per heavy atom. The molecule has 4 heteroatoms. The summed E-state index contributed by atoms with van der Waals surface area (Å²) < 4.78 is 0. The standard InChI is InChI=1S/C8H8N4/c1-3-9-8(10-4-1)7-2-5-11-12-6-7/h1-6,11-12H. The highest BCUT2D eigenvalue weighted by molar-refractivity contribution is 5.69. The van der Waals surface area contributed by atoms with Gasteiger partial charge in [-0.2, -0.15) is 0 Å². The monoisotopic (exact) mass is 160 g/mol. The zero-order valence-corrected chi connectivity index (χ0v) is 6.36. The van der Waals surface area contributed by atoms with Crippen molar-refractivity contribution in [2.45, 2.75) is 0 Å². The molecule has 0 saturated carbocycles. The molecule has 0 radical (unpaired) electrons. The van der Waals surface area contributed by atoms with Crippen molar-refractivity contribution in [3.63, 3.8) is 0 Å². The Balaban J connectivity index is 2.31. The van der Waals surface area contributed by atoms with Gasteiger partial charge in [-0.25, -0.2) is 9.97 Å². The van der Waals surface area contributed by atoms with Gasteiger partial charge in [0, 0.05) is 30.4 Å². The van der Waals surface area contributed by atoms with Crippen LogP contribution in [0.2, 0.25) is 0 Å². The van der Waals surface area contributed by atoms with Gasteiger partial charge in [0.15, 0.2) is 5.82 Å². The molecule has 1 aliphatic rings. The van der Waals surface area contributed by atoms with Crippen LogP contribution in [0.25, 0.3) is 5.57 Å². The fourth-order valence-electron chi connectivity index (χ4n) is 0.934. The number of hydrazine groups is 1. The van der Waals surface area contributed by atoms with Crippen molar-refractivity contribution in [3.8, 4) is 0 Å². The lowest BCUT2D eigenvalue weighted by Crippen LogP contribution is -2.23. The maximum absolute atomic E-state index is 4.10. The Hall–Kier alpha value is -1.84. The summed E-state index contributed by atoms with van der Waals surface area (Å²) >= 11 is 0. The number of nitrogens with one attached hydrogen (secondary N) is 2. The topological polar surface area (TPSA) is 49.8 Å². The summed E-state index contributed by atoms with van der Waals surface area (Å²) in [4.78, 5) is 8.21. The Morgan fingerprint density at radius 1 is 1.08 bits per heavy atom. The third-order valence-electron chi connectivity index (χ3n) is 1.48. The largest absolute Gasteiger partial charge is 0.309 e. The summed E-state index contributed by atoms with van der Waals surface area (Å²) in [5.74, 6) is 0.725. The van der Waals surface area contributed by atoms with E-state index in [1.165, 1.54) is 0 Å². The minimum absolute atomic E-state index is 0.725. The second kappa shape index (κ2) is 3.04. The van der Waals surface area contributed by atoms with Gasteiger partial charge in [-0.05, 0) is 12.1 Å². The van der Waals surface area contributed by atoms with Crippen LogP contribution in [0.15, 0.2) is 36.9 Å². The average molecular weight is 160 g/mol. The molecule has 2 heterocycles. The predicted octanol–water partition coefficient (Wildman–Crippen LogP) is 0.439. The lowest BCUT2D eigenvalue weighted by molar-refractivity contribution is 0.769. The van der Waals surface area contributed by atoms with Gasteiger partial charge in [0.2, 0.25) is 0 Å². The van der Waals surface area contributed by atoms with Crippen LogP contribution in [0, 0.1) is 0 Å². The van der Waals surface area contributed by atoms with Crippen molar-refractivity contribution in [1.29, 1.82) is 0 Å². The number of nitrogens with zero attached hydrogens (tertiary/aromatic N) is 2. The molecule has 0 aliphatic carbocycles. The van der Waals surface area contributed by atoms with Crippen molar-refractivity contribution in [2.24, 2.45) is 0 Å². The van der Waals surface area contributed by atoms with E-state index in [1.807, 2.05) is 12.3 Å². The third-order valence-corrected chi connectivity index (χ3v) is 1.48. The molecule has 12 heavy (non-hydrogen) atoms. The lowest BCUT2D eigenvalue weighted by atomic mass is 10.2. The third kappa shape index (κ3) is 1.27. The molecule has 0 aromatic carbocycles. The van der Waals surface area contributed by atoms with Crippen LogP contribution in [0.4, 0.5) is 0 Å². The Kier molecular flexibility index (Phi) is 1.74. The van der Waals surface area contributed by atoms with Gasteiger partial charge in [-0.1, -0.05) is 0 Å². The predicted molar refractivity (Wildman–Crippen MR) is 45.4 cm³/mol. The van der Waals surface area contributed by atoms with Crippen molar-refractivity contribution in [3.05, 3.63) is 42.8 Å². The van der Waals surface area contributed by atoms with Gasteiger partial charge in [0.05, 0.1) is 0 Å². The summed E-state index contributed by atoms with van der Waals surface area (Å²) in [5, 5.41) is 0. The molecule has 0 bridgehead atoms. The van der Waals surface area contributed by atoms with Crippen molar-refractivity contribution < 1.29 is 0 Å². The maximum atomic E-state index is 4.10. The van der Waals surface area contributed by atoms with E-state index in [9.17, 15) is 0 Å². The van der Waals surface area contributed by atoms with Gasteiger partial charge in [0.1, 0.15) is 0 Å². The number of rotatable bonds is 1. The normalized spacial score (nSPS) is 14.5. The van der Waals surface area contributed by atoms with Gasteiger partial charge in [0.25, 0.3) is 0 Å². The van der Waals surface area contributed by atoms with E-state index in [-0.39, 0.29) is 0 Å². The number of aromatic nitrogens is 2. The first-order valence-corrected chi connectivity index (χ1v) is 3.62. The van der Waals surface area contributed by atoms with E-state index in [4.69, 9.17) is 0 Å². The van der Waals surface area contributed by atoms with E-state index in [0.717, 1.165) is 11.4 Å². The highest BCUT2D eigenvalue weighted by Crippen LogP contribution is 2.09. The Morgan fingerprint density at radius 3 is 2.58 bits per heavy atom. The molecule has 0 fully saturated rings. The molecule has 1 aliphatic heterocycles. The Bertz CT molecular complexity index is 315. The van der Waals surface area contributed by atoms with Crippen LogP contribution in [-0.4, -0.2) is 9.97 Å². The number of allylic oxidation sites excluding steroid dienone is 2.